The fraction of sp³-hybridized carbons (Fsp3) is 0.486. The molecule has 2 aliphatic rings. The number of carbonyl (C=O) groups is 3. The Morgan fingerprint density at radius 2 is 1.85 bits per heavy atom. The summed E-state index contributed by atoms with van der Waals surface area (Å²) in [5.41, 5.74) is 3.19. The molecule has 2 aromatic carbocycles. The Morgan fingerprint density at radius 3 is 2.67 bits per heavy atom. The van der Waals surface area contributed by atoms with Crippen LogP contribution in [0, 0.1) is 6.92 Å². The van der Waals surface area contributed by atoms with Gasteiger partial charge in [0.25, 0.3) is 5.91 Å². The lowest BCUT2D eigenvalue weighted by Gasteiger charge is -2.36. The van der Waals surface area contributed by atoms with Gasteiger partial charge in [0.1, 0.15) is 17.7 Å². The van der Waals surface area contributed by atoms with Crippen molar-refractivity contribution in [3.05, 3.63) is 71.3 Å². The first-order valence-electron chi connectivity index (χ1n) is 16.9. The monoisotopic (exact) mass is 655 g/mol. The summed E-state index contributed by atoms with van der Waals surface area (Å²) in [6.07, 6.45) is 3.61. The minimum Gasteiger partial charge on any atom is -0.383 e. The lowest BCUT2D eigenvalue weighted by molar-refractivity contribution is -0.142. The van der Waals surface area contributed by atoms with Gasteiger partial charge in [0, 0.05) is 52.3 Å². The van der Waals surface area contributed by atoms with Crippen LogP contribution in [0.2, 0.25) is 0 Å². The van der Waals surface area contributed by atoms with Gasteiger partial charge in [-0.15, -0.1) is 0 Å². The second-order valence-corrected chi connectivity index (χ2v) is 12.6. The molecule has 0 aliphatic carbocycles. The molecule has 2 atom stereocenters. The zero-order chi connectivity index (χ0) is 33.6. The Bertz CT molecular complexity index is 1750. The van der Waals surface area contributed by atoms with E-state index >= 15 is 0 Å². The maximum Gasteiger partial charge on any atom is 0.253 e. The molecule has 4 aromatic rings. The number of amides is 3. The maximum absolute atomic E-state index is 14.1. The van der Waals surface area contributed by atoms with Crippen molar-refractivity contribution in [2.75, 3.05) is 45.2 Å². The molecular formula is C35H45N9O4. The predicted octanol–water partition coefficient (Wildman–Crippen LogP) is 3.25. The molecule has 4 heterocycles. The van der Waals surface area contributed by atoms with Crippen LogP contribution in [0.25, 0.3) is 11.0 Å². The third-order valence-corrected chi connectivity index (χ3v) is 9.25. The number of anilines is 1. The van der Waals surface area contributed by atoms with E-state index in [4.69, 9.17) is 19.8 Å². The van der Waals surface area contributed by atoms with Crippen LogP contribution in [-0.4, -0.2) is 97.8 Å². The lowest BCUT2D eigenvalue weighted by Crippen LogP contribution is -2.53. The third-order valence-electron chi connectivity index (χ3n) is 9.25. The van der Waals surface area contributed by atoms with Crippen LogP contribution in [0.5, 0.6) is 0 Å². The van der Waals surface area contributed by atoms with Crippen LogP contribution in [0.4, 0.5) is 5.95 Å². The number of aromatic nitrogens is 5. The minimum absolute atomic E-state index is 0.0543. The number of nitrogens with zero attached hydrogens (tertiary/aromatic N) is 7. The Kier molecular flexibility index (Phi) is 10.3. The smallest absolute Gasteiger partial charge is 0.253 e. The van der Waals surface area contributed by atoms with Crippen molar-refractivity contribution < 1.29 is 19.1 Å². The lowest BCUT2D eigenvalue weighted by atomic mass is 9.99. The summed E-state index contributed by atoms with van der Waals surface area (Å²) in [5.74, 6) is 1.56. The SMILES string of the molecule is COCCNc1nc2cc(C(=O)N3CCCC(=O)N4CCCC[C@H]4C(=O)N[C@H](Cc4ccccc4)c4nc(C)nn4CC3)ccc2n1C. The molecule has 0 unspecified atom stereocenters. The van der Waals surface area contributed by atoms with Crippen LogP contribution in [0.15, 0.2) is 48.5 Å². The molecular weight excluding hydrogens is 610 g/mol. The van der Waals surface area contributed by atoms with E-state index < -0.39 is 12.1 Å². The average Bonchev–Trinajstić information content (AvgIpc) is 3.63. The van der Waals surface area contributed by atoms with E-state index in [1.165, 1.54) is 0 Å². The number of nitrogens with one attached hydrogen (secondary N) is 2. The number of aryl methyl sites for hydroxylation is 2. The van der Waals surface area contributed by atoms with Crippen molar-refractivity contribution in [3.63, 3.8) is 0 Å². The van der Waals surface area contributed by atoms with Crippen molar-refractivity contribution in [1.29, 1.82) is 0 Å². The molecule has 13 heteroatoms. The van der Waals surface area contributed by atoms with Crippen molar-refractivity contribution in [1.82, 2.24) is 39.4 Å². The second-order valence-electron chi connectivity index (χ2n) is 12.6. The van der Waals surface area contributed by atoms with E-state index in [1.807, 2.05) is 71.8 Å². The van der Waals surface area contributed by atoms with Crippen molar-refractivity contribution in [2.24, 2.45) is 7.05 Å². The van der Waals surface area contributed by atoms with Crippen molar-refractivity contribution in [2.45, 2.75) is 64.1 Å². The zero-order valence-corrected chi connectivity index (χ0v) is 28.0. The first kappa shape index (κ1) is 33.1. The van der Waals surface area contributed by atoms with Crippen LogP contribution in [0.1, 0.15) is 65.7 Å². The van der Waals surface area contributed by atoms with Crippen LogP contribution in [-0.2, 0) is 34.3 Å². The van der Waals surface area contributed by atoms with Gasteiger partial charge in [-0.25, -0.2) is 14.6 Å². The first-order chi connectivity index (χ1) is 23.3. The number of hydrogen-bond donors (Lipinski definition) is 2. The molecule has 1 fully saturated rings. The Morgan fingerprint density at radius 1 is 1.02 bits per heavy atom. The van der Waals surface area contributed by atoms with Gasteiger partial charge in [-0.1, -0.05) is 30.3 Å². The number of imidazole rings is 1. The van der Waals surface area contributed by atoms with E-state index in [-0.39, 0.29) is 24.1 Å². The highest BCUT2D eigenvalue weighted by Gasteiger charge is 2.34. The number of rotatable bonds is 7. The number of ether oxygens (including phenoxy) is 1. The molecule has 1 saturated heterocycles. The number of benzene rings is 2. The quantitative estimate of drug-likeness (QED) is 0.290. The van der Waals surface area contributed by atoms with Gasteiger partial charge in [0.15, 0.2) is 0 Å². The highest BCUT2D eigenvalue weighted by molar-refractivity contribution is 5.98. The van der Waals surface area contributed by atoms with Crippen LogP contribution in [0.3, 0.4) is 0 Å². The van der Waals surface area contributed by atoms with E-state index in [2.05, 4.69) is 10.6 Å². The molecule has 0 saturated carbocycles. The van der Waals surface area contributed by atoms with Gasteiger partial charge >= 0.3 is 0 Å². The normalized spacial score (nSPS) is 19.4. The van der Waals surface area contributed by atoms with Crippen molar-refractivity contribution >= 4 is 34.7 Å². The summed E-state index contributed by atoms with van der Waals surface area (Å²) >= 11 is 0. The first-order valence-corrected chi connectivity index (χ1v) is 16.9. The van der Waals surface area contributed by atoms with E-state index in [9.17, 15) is 14.4 Å². The van der Waals surface area contributed by atoms with Gasteiger partial charge in [-0.05, 0) is 62.8 Å². The molecule has 48 heavy (non-hydrogen) atoms. The van der Waals surface area contributed by atoms with E-state index in [1.54, 1.807) is 16.9 Å². The molecule has 3 amide bonds. The van der Waals surface area contributed by atoms with E-state index in [0.717, 1.165) is 23.9 Å². The van der Waals surface area contributed by atoms with Gasteiger partial charge in [-0.3, -0.25) is 14.4 Å². The minimum atomic E-state index is -0.540. The third kappa shape index (κ3) is 7.35. The Balaban J connectivity index is 1.31. The predicted molar refractivity (Wildman–Crippen MR) is 181 cm³/mol. The summed E-state index contributed by atoms with van der Waals surface area (Å²) in [7, 11) is 3.59. The molecule has 2 N–H and O–H groups in total. The molecule has 254 valence electrons. The topological polar surface area (TPSA) is 140 Å². The number of carbonyl (C=O) groups excluding carboxylic acids is 3. The van der Waals surface area contributed by atoms with Crippen LogP contribution < -0.4 is 10.6 Å². The fourth-order valence-electron chi connectivity index (χ4n) is 6.75. The van der Waals surface area contributed by atoms with Gasteiger partial charge in [0.2, 0.25) is 17.8 Å². The standard InChI is InChI=1S/C35H45N9O4/c1-24-37-32-28(22-25-10-5-4-6-11-25)38-33(46)30-12-7-8-18-43(30)31(45)13-9-17-42(19-20-44(32)40-24)34(47)26-14-15-29-27(23-26)39-35(41(29)2)36-16-21-48-3/h4-6,10-11,14-15,23,28,30H,7-9,12-13,16-22H2,1-3H3,(H,36,39)(H,38,46)/t28-,30+/m1/s1. The molecule has 2 aromatic heterocycles. The average molecular weight is 656 g/mol. The fourth-order valence-corrected chi connectivity index (χ4v) is 6.75. The summed E-state index contributed by atoms with van der Waals surface area (Å²) in [4.78, 5) is 54.5. The Hall–Kier alpha value is -4.78. The molecule has 2 aliphatic heterocycles. The zero-order valence-electron chi connectivity index (χ0n) is 28.0. The van der Waals surface area contributed by atoms with Crippen LogP contribution >= 0.6 is 0 Å². The number of hydrogen-bond acceptors (Lipinski definition) is 8. The maximum atomic E-state index is 14.1. The highest BCUT2D eigenvalue weighted by atomic mass is 16.5. The molecule has 13 nitrogen and oxygen atoms in total. The second kappa shape index (κ2) is 15.0. The highest BCUT2D eigenvalue weighted by Crippen LogP contribution is 2.24. The Labute approximate surface area is 280 Å². The molecule has 0 spiro atoms. The summed E-state index contributed by atoms with van der Waals surface area (Å²) < 4.78 is 8.93. The number of fused-ring (bicyclic) bond motifs is 3. The molecule has 0 bridgehead atoms. The number of methoxy groups -OCH3 is 1. The van der Waals surface area contributed by atoms with Crippen molar-refractivity contribution in [3.8, 4) is 0 Å². The van der Waals surface area contributed by atoms with E-state index in [0.29, 0.717) is 87.3 Å². The van der Waals surface area contributed by atoms with Gasteiger partial charge in [0.05, 0.1) is 30.2 Å². The molecule has 0 radical (unpaired) electrons. The number of piperidine rings is 1. The summed E-state index contributed by atoms with van der Waals surface area (Å²) in [5, 5.41) is 11.2. The summed E-state index contributed by atoms with van der Waals surface area (Å²) in [6, 6.07) is 14.5. The van der Waals surface area contributed by atoms with Gasteiger partial charge < -0.3 is 29.7 Å². The molecule has 6 rings (SSSR count). The van der Waals surface area contributed by atoms with Gasteiger partial charge in [-0.2, -0.15) is 5.10 Å². The summed E-state index contributed by atoms with van der Waals surface area (Å²) in [6.45, 7) is 4.66. The largest absolute Gasteiger partial charge is 0.383 e.